The SMILES string of the molecule is CC(=O)NC(CC(=O)NC(CC(F)(F)F)C(=O)O)c1ccc(Cl)cc1. The number of alkyl halides is 3. The van der Waals surface area contributed by atoms with Gasteiger partial charge >= 0.3 is 12.1 Å². The summed E-state index contributed by atoms with van der Waals surface area (Å²) < 4.78 is 37.1. The van der Waals surface area contributed by atoms with E-state index in [0.29, 0.717) is 10.6 Å². The standard InChI is InChI=1S/C15H16ClF3N2O4/c1-8(22)20-11(9-2-4-10(16)5-3-9)6-13(23)21-12(14(24)25)7-15(17,18)19/h2-5,11-12H,6-7H2,1H3,(H,20,22)(H,21,23)(H,24,25). The number of aliphatic carboxylic acids is 1. The van der Waals surface area contributed by atoms with Crippen LogP contribution in [-0.4, -0.2) is 35.1 Å². The van der Waals surface area contributed by atoms with E-state index in [-0.39, 0.29) is 0 Å². The second kappa shape index (κ2) is 8.70. The first-order valence-corrected chi connectivity index (χ1v) is 7.47. The van der Waals surface area contributed by atoms with Crippen molar-refractivity contribution >= 4 is 29.4 Å². The molecule has 2 amide bonds. The second-order valence-electron chi connectivity index (χ2n) is 5.29. The predicted octanol–water partition coefficient (Wildman–Crippen LogP) is 2.43. The van der Waals surface area contributed by atoms with Crippen molar-refractivity contribution in [3.8, 4) is 0 Å². The third-order valence-electron chi connectivity index (χ3n) is 3.11. The lowest BCUT2D eigenvalue weighted by atomic mass is 10.0. The molecule has 0 aromatic heterocycles. The fourth-order valence-electron chi connectivity index (χ4n) is 2.06. The molecule has 0 aliphatic carbocycles. The maximum absolute atomic E-state index is 12.4. The molecule has 0 saturated carbocycles. The Morgan fingerprint density at radius 2 is 1.72 bits per heavy atom. The van der Waals surface area contributed by atoms with Crippen molar-refractivity contribution in [2.45, 2.75) is 38.0 Å². The van der Waals surface area contributed by atoms with Gasteiger partial charge in [-0.25, -0.2) is 4.79 Å². The summed E-state index contributed by atoms with van der Waals surface area (Å²) >= 11 is 5.75. The molecule has 25 heavy (non-hydrogen) atoms. The van der Waals surface area contributed by atoms with Crippen molar-refractivity contribution < 1.29 is 32.7 Å². The molecule has 6 nitrogen and oxygen atoms in total. The van der Waals surface area contributed by atoms with Crippen molar-refractivity contribution in [2.24, 2.45) is 0 Å². The molecule has 10 heteroatoms. The third-order valence-corrected chi connectivity index (χ3v) is 3.36. The monoisotopic (exact) mass is 380 g/mol. The van der Waals surface area contributed by atoms with Gasteiger partial charge < -0.3 is 15.7 Å². The summed E-state index contributed by atoms with van der Waals surface area (Å²) in [7, 11) is 0. The minimum absolute atomic E-state index is 0.422. The largest absolute Gasteiger partial charge is 0.480 e. The van der Waals surface area contributed by atoms with Gasteiger partial charge in [-0.1, -0.05) is 23.7 Å². The fourth-order valence-corrected chi connectivity index (χ4v) is 2.19. The first-order chi connectivity index (χ1) is 11.5. The van der Waals surface area contributed by atoms with Gasteiger partial charge in [-0.2, -0.15) is 13.2 Å². The van der Waals surface area contributed by atoms with E-state index in [1.165, 1.54) is 19.1 Å². The fraction of sp³-hybridized carbons (Fsp3) is 0.400. The summed E-state index contributed by atoms with van der Waals surface area (Å²) in [6, 6.07) is 3.19. The quantitative estimate of drug-likeness (QED) is 0.677. The molecule has 1 aromatic carbocycles. The van der Waals surface area contributed by atoms with E-state index in [1.807, 2.05) is 5.32 Å². The van der Waals surface area contributed by atoms with E-state index < -0.39 is 48.9 Å². The number of benzene rings is 1. The van der Waals surface area contributed by atoms with Gasteiger partial charge in [0.15, 0.2) is 0 Å². The van der Waals surface area contributed by atoms with Crippen LogP contribution in [0.1, 0.15) is 31.4 Å². The molecule has 2 unspecified atom stereocenters. The molecule has 0 aliphatic rings. The lowest BCUT2D eigenvalue weighted by molar-refractivity contribution is -0.160. The van der Waals surface area contributed by atoms with Crippen molar-refractivity contribution in [3.05, 3.63) is 34.9 Å². The highest BCUT2D eigenvalue weighted by Gasteiger charge is 2.36. The molecule has 138 valence electrons. The van der Waals surface area contributed by atoms with Gasteiger partial charge in [0.05, 0.1) is 18.9 Å². The number of amides is 2. The van der Waals surface area contributed by atoms with Crippen LogP contribution in [0.3, 0.4) is 0 Å². The number of hydrogen-bond donors (Lipinski definition) is 3. The van der Waals surface area contributed by atoms with E-state index in [1.54, 1.807) is 12.1 Å². The number of carboxylic acid groups (broad SMARTS) is 1. The molecule has 0 bridgehead atoms. The molecule has 0 spiro atoms. The van der Waals surface area contributed by atoms with E-state index in [2.05, 4.69) is 5.32 Å². The maximum Gasteiger partial charge on any atom is 0.391 e. The molecule has 0 radical (unpaired) electrons. The second-order valence-corrected chi connectivity index (χ2v) is 5.72. The molecule has 0 heterocycles. The molecule has 0 aliphatic heterocycles. The smallest absolute Gasteiger partial charge is 0.391 e. The van der Waals surface area contributed by atoms with Crippen LogP contribution >= 0.6 is 11.6 Å². The lowest BCUT2D eigenvalue weighted by Gasteiger charge is -2.20. The normalized spacial score (nSPS) is 13.6. The zero-order valence-electron chi connectivity index (χ0n) is 13.1. The molecule has 3 N–H and O–H groups in total. The van der Waals surface area contributed by atoms with Gasteiger partial charge in [0, 0.05) is 11.9 Å². The molecule has 2 atom stereocenters. The van der Waals surface area contributed by atoms with Gasteiger partial charge in [0.1, 0.15) is 6.04 Å². The zero-order chi connectivity index (χ0) is 19.2. The van der Waals surface area contributed by atoms with Crippen LogP contribution in [0, 0.1) is 0 Å². The Bertz CT molecular complexity index is 635. The zero-order valence-corrected chi connectivity index (χ0v) is 13.8. The van der Waals surface area contributed by atoms with Crippen LogP contribution in [0.2, 0.25) is 5.02 Å². The summed E-state index contributed by atoms with van der Waals surface area (Å²) in [4.78, 5) is 34.1. The van der Waals surface area contributed by atoms with Gasteiger partial charge in [-0.3, -0.25) is 9.59 Å². The van der Waals surface area contributed by atoms with E-state index in [9.17, 15) is 27.6 Å². The minimum Gasteiger partial charge on any atom is -0.480 e. The molecule has 0 fully saturated rings. The Morgan fingerprint density at radius 3 is 2.16 bits per heavy atom. The minimum atomic E-state index is -4.75. The first-order valence-electron chi connectivity index (χ1n) is 7.09. The summed E-state index contributed by atoms with van der Waals surface area (Å²) in [6.07, 6.45) is -6.87. The lowest BCUT2D eigenvalue weighted by Crippen LogP contribution is -2.44. The topological polar surface area (TPSA) is 95.5 Å². The highest BCUT2D eigenvalue weighted by molar-refractivity contribution is 6.30. The number of hydrogen-bond acceptors (Lipinski definition) is 3. The van der Waals surface area contributed by atoms with Crippen molar-refractivity contribution in [3.63, 3.8) is 0 Å². The van der Waals surface area contributed by atoms with Crippen LogP contribution in [0.15, 0.2) is 24.3 Å². The van der Waals surface area contributed by atoms with Crippen LogP contribution < -0.4 is 10.6 Å². The van der Waals surface area contributed by atoms with Crippen molar-refractivity contribution in [1.29, 1.82) is 0 Å². The van der Waals surface area contributed by atoms with Crippen LogP contribution in [0.25, 0.3) is 0 Å². The number of nitrogens with one attached hydrogen (secondary N) is 2. The Balaban J connectivity index is 2.84. The number of carbonyl (C=O) groups is 3. The first kappa shape index (κ1) is 20.8. The number of carboxylic acids is 1. The maximum atomic E-state index is 12.4. The predicted molar refractivity (Wildman–Crippen MR) is 82.9 cm³/mol. The van der Waals surface area contributed by atoms with Crippen molar-refractivity contribution in [1.82, 2.24) is 10.6 Å². The van der Waals surface area contributed by atoms with Crippen molar-refractivity contribution in [2.75, 3.05) is 0 Å². The summed E-state index contributed by atoms with van der Waals surface area (Å²) in [6.45, 7) is 1.21. The molecular weight excluding hydrogens is 365 g/mol. The third kappa shape index (κ3) is 7.88. The average molecular weight is 381 g/mol. The Labute approximate surface area is 146 Å². The van der Waals surface area contributed by atoms with E-state index >= 15 is 0 Å². The highest BCUT2D eigenvalue weighted by Crippen LogP contribution is 2.23. The number of halogens is 4. The number of rotatable bonds is 7. The highest BCUT2D eigenvalue weighted by atomic mass is 35.5. The Morgan fingerprint density at radius 1 is 1.16 bits per heavy atom. The van der Waals surface area contributed by atoms with E-state index in [4.69, 9.17) is 16.7 Å². The van der Waals surface area contributed by atoms with Gasteiger partial charge in [-0.05, 0) is 17.7 Å². The van der Waals surface area contributed by atoms with Crippen LogP contribution in [0.5, 0.6) is 0 Å². The molecule has 1 rings (SSSR count). The molecule has 0 saturated heterocycles. The van der Waals surface area contributed by atoms with Gasteiger partial charge in [0.2, 0.25) is 11.8 Å². The van der Waals surface area contributed by atoms with E-state index in [0.717, 1.165) is 0 Å². The molecule has 1 aromatic rings. The summed E-state index contributed by atoms with van der Waals surface area (Å²) in [5.41, 5.74) is 0.498. The van der Waals surface area contributed by atoms with Gasteiger partial charge in [0.25, 0.3) is 0 Å². The Hall–Kier alpha value is -2.29. The van der Waals surface area contributed by atoms with Crippen LogP contribution in [0.4, 0.5) is 13.2 Å². The van der Waals surface area contributed by atoms with Crippen LogP contribution in [-0.2, 0) is 14.4 Å². The Kier molecular flexibility index (Phi) is 7.22. The van der Waals surface area contributed by atoms with Gasteiger partial charge in [-0.15, -0.1) is 0 Å². The summed E-state index contributed by atoms with van der Waals surface area (Å²) in [5, 5.41) is 13.5. The summed E-state index contributed by atoms with van der Waals surface area (Å²) in [5.74, 6) is -3.20. The number of carbonyl (C=O) groups excluding carboxylic acids is 2. The molecular formula is C15H16ClF3N2O4. The average Bonchev–Trinajstić information content (AvgIpc) is 2.44.